The molecule has 0 bridgehead atoms. The van der Waals surface area contributed by atoms with Gasteiger partial charge in [-0.15, -0.1) is 0 Å². The maximum absolute atomic E-state index is 10.3. The van der Waals surface area contributed by atoms with Crippen molar-refractivity contribution in [1.29, 1.82) is 0 Å². The molecule has 0 amide bonds. The van der Waals surface area contributed by atoms with E-state index in [9.17, 15) is 4.79 Å². The molecule has 5 heteroatoms. The zero-order valence-corrected chi connectivity index (χ0v) is 17.9. The van der Waals surface area contributed by atoms with E-state index in [2.05, 4.69) is 6.92 Å². The summed E-state index contributed by atoms with van der Waals surface area (Å²) in [7, 11) is 0. The van der Waals surface area contributed by atoms with Gasteiger partial charge in [-0.05, 0) is 12.8 Å². The molecule has 0 radical (unpaired) electrons. The van der Waals surface area contributed by atoms with Crippen LogP contribution in [0, 0.1) is 5.41 Å². The number of unbranched alkanes of at least 4 members (excludes halogenated alkanes) is 12. The molecule has 0 heterocycles. The van der Waals surface area contributed by atoms with E-state index >= 15 is 0 Å². The Morgan fingerprint density at radius 3 is 1.19 bits per heavy atom. The molecule has 0 rings (SSSR count). The summed E-state index contributed by atoms with van der Waals surface area (Å²) in [5.41, 5.74) is -0.667. The predicted octanol–water partition coefficient (Wildman–Crippen LogP) is 4.91. The highest BCUT2D eigenvalue weighted by Gasteiger charge is 2.24. The summed E-state index contributed by atoms with van der Waals surface area (Å²) in [5.74, 6) is -0.655. The Labute approximate surface area is 167 Å². The molecule has 164 valence electrons. The van der Waals surface area contributed by atoms with Gasteiger partial charge >= 0.3 is 5.97 Å². The molecule has 0 atom stereocenters. The molecule has 5 nitrogen and oxygen atoms in total. The molecule has 0 unspecified atom stereocenters. The molecule has 27 heavy (non-hydrogen) atoms. The van der Waals surface area contributed by atoms with E-state index in [0.717, 1.165) is 12.8 Å². The van der Waals surface area contributed by atoms with E-state index in [1.807, 2.05) is 6.92 Å². The van der Waals surface area contributed by atoms with E-state index in [1.54, 1.807) is 0 Å². The van der Waals surface area contributed by atoms with Gasteiger partial charge in [0.05, 0.1) is 19.8 Å². The highest BCUT2D eigenvalue weighted by atomic mass is 16.4. The van der Waals surface area contributed by atoms with Gasteiger partial charge in [0.15, 0.2) is 0 Å². The summed E-state index contributed by atoms with van der Waals surface area (Å²) < 4.78 is 0. The van der Waals surface area contributed by atoms with Gasteiger partial charge in [-0.2, -0.15) is 0 Å². The van der Waals surface area contributed by atoms with Gasteiger partial charge in [-0.1, -0.05) is 90.9 Å². The van der Waals surface area contributed by atoms with Crippen molar-refractivity contribution in [2.24, 2.45) is 5.41 Å². The third-order valence-corrected chi connectivity index (χ3v) is 5.25. The fourth-order valence-corrected chi connectivity index (χ4v) is 2.78. The summed E-state index contributed by atoms with van der Waals surface area (Å²) in [4.78, 5) is 10.3. The maximum atomic E-state index is 10.3. The largest absolute Gasteiger partial charge is 0.481 e. The third kappa shape index (κ3) is 19.9. The van der Waals surface area contributed by atoms with Gasteiger partial charge in [0.25, 0.3) is 0 Å². The molecule has 0 aliphatic carbocycles. The Bertz CT molecular complexity index is 286. The molecular formula is C22H46O5. The number of aliphatic hydroxyl groups is 3. The van der Waals surface area contributed by atoms with Crippen LogP contribution in [-0.4, -0.2) is 46.2 Å². The van der Waals surface area contributed by atoms with Crippen LogP contribution in [0.4, 0.5) is 0 Å². The van der Waals surface area contributed by atoms with E-state index < -0.39 is 11.4 Å². The Kier molecular flexibility index (Phi) is 22.9. The summed E-state index contributed by atoms with van der Waals surface area (Å²) in [5, 5.41) is 34.5. The summed E-state index contributed by atoms with van der Waals surface area (Å²) >= 11 is 0. The number of carbonyl (C=O) groups is 1. The van der Waals surface area contributed by atoms with E-state index in [-0.39, 0.29) is 19.8 Å². The number of carboxylic acids is 1. The molecule has 0 saturated heterocycles. The van der Waals surface area contributed by atoms with E-state index in [4.69, 9.17) is 20.4 Å². The van der Waals surface area contributed by atoms with Crippen molar-refractivity contribution < 1.29 is 25.2 Å². The van der Waals surface area contributed by atoms with Crippen molar-refractivity contribution in [3.8, 4) is 0 Å². The molecular weight excluding hydrogens is 344 g/mol. The van der Waals surface area contributed by atoms with Crippen LogP contribution < -0.4 is 0 Å². The standard InChI is InChI=1S/C16H32O2.C6H14O3/c1-2-3-4-5-6-7-8-9-10-11-12-13-14-15-16(17)18;1-2-6(3-7,4-8)5-9/h2-15H2,1H3,(H,17,18);7-9H,2-5H2,1H3. The van der Waals surface area contributed by atoms with E-state index in [1.165, 1.54) is 70.6 Å². The van der Waals surface area contributed by atoms with Gasteiger partial charge in [0, 0.05) is 11.8 Å². The Morgan fingerprint density at radius 2 is 0.963 bits per heavy atom. The lowest BCUT2D eigenvalue weighted by molar-refractivity contribution is -0.137. The second-order valence-electron chi connectivity index (χ2n) is 7.71. The highest BCUT2D eigenvalue weighted by molar-refractivity contribution is 5.66. The van der Waals surface area contributed by atoms with Crippen molar-refractivity contribution in [2.45, 2.75) is 110 Å². The van der Waals surface area contributed by atoms with E-state index in [0.29, 0.717) is 12.8 Å². The van der Waals surface area contributed by atoms with Crippen LogP contribution in [0.25, 0.3) is 0 Å². The summed E-state index contributed by atoms with van der Waals surface area (Å²) in [6, 6.07) is 0. The summed E-state index contributed by atoms with van der Waals surface area (Å²) in [6.07, 6.45) is 17.9. The highest BCUT2D eigenvalue weighted by Crippen LogP contribution is 2.18. The fraction of sp³-hybridized carbons (Fsp3) is 0.955. The van der Waals surface area contributed by atoms with Crippen LogP contribution >= 0.6 is 0 Å². The lowest BCUT2D eigenvalue weighted by Crippen LogP contribution is -2.32. The smallest absolute Gasteiger partial charge is 0.303 e. The second kappa shape index (κ2) is 21.6. The zero-order valence-electron chi connectivity index (χ0n) is 17.9. The van der Waals surface area contributed by atoms with Gasteiger partial charge in [-0.25, -0.2) is 0 Å². The van der Waals surface area contributed by atoms with Crippen LogP contribution in [0.1, 0.15) is 110 Å². The first kappa shape index (κ1) is 28.6. The fourth-order valence-electron chi connectivity index (χ4n) is 2.78. The van der Waals surface area contributed by atoms with Gasteiger partial charge in [0.2, 0.25) is 0 Å². The number of carboxylic acid groups (broad SMARTS) is 1. The first-order valence-electron chi connectivity index (χ1n) is 11.1. The first-order chi connectivity index (χ1) is 13.0. The maximum Gasteiger partial charge on any atom is 0.303 e. The van der Waals surface area contributed by atoms with Crippen molar-refractivity contribution in [3.05, 3.63) is 0 Å². The number of rotatable bonds is 18. The number of aliphatic hydroxyl groups excluding tert-OH is 3. The van der Waals surface area contributed by atoms with Crippen molar-refractivity contribution in [2.75, 3.05) is 19.8 Å². The predicted molar refractivity (Wildman–Crippen MR) is 112 cm³/mol. The number of aliphatic carboxylic acids is 1. The number of hydrogen-bond donors (Lipinski definition) is 4. The quantitative estimate of drug-likeness (QED) is 0.249. The third-order valence-electron chi connectivity index (χ3n) is 5.25. The molecule has 0 aliphatic heterocycles. The molecule has 0 fully saturated rings. The zero-order chi connectivity index (χ0) is 20.8. The molecule has 0 aliphatic rings. The van der Waals surface area contributed by atoms with Crippen LogP contribution in [-0.2, 0) is 4.79 Å². The minimum Gasteiger partial charge on any atom is -0.481 e. The van der Waals surface area contributed by atoms with Crippen LogP contribution in [0.5, 0.6) is 0 Å². The number of hydrogen-bond acceptors (Lipinski definition) is 4. The molecule has 0 aromatic carbocycles. The Morgan fingerprint density at radius 1 is 0.630 bits per heavy atom. The van der Waals surface area contributed by atoms with Gasteiger partial charge in [-0.3, -0.25) is 4.79 Å². The molecule has 4 N–H and O–H groups in total. The Hall–Kier alpha value is -0.650. The van der Waals surface area contributed by atoms with Crippen molar-refractivity contribution in [1.82, 2.24) is 0 Å². The molecule has 0 aromatic rings. The monoisotopic (exact) mass is 390 g/mol. The average Bonchev–Trinajstić information content (AvgIpc) is 2.68. The Balaban J connectivity index is 0. The topological polar surface area (TPSA) is 98.0 Å². The lowest BCUT2D eigenvalue weighted by Gasteiger charge is -2.24. The molecule has 0 saturated carbocycles. The van der Waals surface area contributed by atoms with Gasteiger partial charge in [0.1, 0.15) is 0 Å². The average molecular weight is 391 g/mol. The normalized spacial score (nSPS) is 11.1. The molecule has 0 spiro atoms. The first-order valence-corrected chi connectivity index (χ1v) is 11.1. The minimum absolute atomic E-state index is 0.156. The molecule has 0 aromatic heterocycles. The second-order valence-corrected chi connectivity index (χ2v) is 7.71. The van der Waals surface area contributed by atoms with Crippen LogP contribution in [0.15, 0.2) is 0 Å². The lowest BCUT2D eigenvalue weighted by atomic mass is 9.88. The van der Waals surface area contributed by atoms with Crippen molar-refractivity contribution >= 4 is 5.97 Å². The van der Waals surface area contributed by atoms with Crippen LogP contribution in [0.2, 0.25) is 0 Å². The van der Waals surface area contributed by atoms with Gasteiger partial charge < -0.3 is 20.4 Å². The SMILES string of the molecule is CCC(CO)(CO)CO.CCCCCCCCCCCCCCCC(=O)O. The minimum atomic E-state index is -0.667. The summed E-state index contributed by atoms with van der Waals surface area (Å²) in [6.45, 7) is 3.61. The van der Waals surface area contributed by atoms with Crippen LogP contribution in [0.3, 0.4) is 0 Å². The van der Waals surface area contributed by atoms with Crippen molar-refractivity contribution in [3.63, 3.8) is 0 Å².